The van der Waals surface area contributed by atoms with E-state index in [9.17, 15) is 5.11 Å². The molecule has 0 aliphatic carbocycles. The number of ether oxygens (including phenoxy) is 2. The number of aliphatic hydroxyl groups excluding tert-OH is 1. The van der Waals surface area contributed by atoms with Gasteiger partial charge in [0.2, 0.25) is 0 Å². The quantitative estimate of drug-likeness (QED) is 0.726. The van der Waals surface area contributed by atoms with E-state index in [4.69, 9.17) is 9.47 Å². The summed E-state index contributed by atoms with van der Waals surface area (Å²) in [5.41, 5.74) is 0.851. The van der Waals surface area contributed by atoms with Crippen LogP contribution in [0.4, 0.5) is 0 Å². The number of rotatable bonds is 6. The first kappa shape index (κ1) is 11.8. The molecule has 0 bridgehead atoms. The zero-order valence-electron chi connectivity index (χ0n) is 8.85. The average Bonchev–Trinajstić information content (AvgIpc) is 2.30. The molecular formula is C12H16O3. The Labute approximate surface area is 90.0 Å². The lowest BCUT2D eigenvalue weighted by atomic mass is 10.1. The molecule has 3 heteroatoms. The molecule has 0 heterocycles. The van der Waals surface area contributed by atoms with E-state index in [1.807, 2.05) is 24.3 Å². The van der Waals surface area contributed by atoms with Crippen LogP contribution in [-0.2, 0) is 4.74 Å². The van der Waals surface area contributed by atoms with Crippen molar-refractivity contribution in [2.75, 3.05) is 20.3 Å². The standard InChI is InChI=1S/C12H16O3/c1-3-8-15-12(9-13)10-6-4-5-7-11(10)14-2/h3-7,12-13H,1,8-9H2,2H3/t12-/m0/s1. The molecule has 0 fully saturated rings. The fourth-order valence-electron chi connectivity index (χ4n) is 1.36. The second-order valence-corrected chi connectivity index (χ2v) is 3.04. The van der Waals surface area contributed by atoms with Gasteiger partial charge in [-0.05, 0) is 6.07 Å². The first-order valence-corrected chi connectivity index (χ1v) is 4.79. The summed E-state index contributed by atoms with van der Waals surface area (Å²) in [6.07, 6.45) is 1.29. The molecule has 0 saturated carbocycles. The predicted octanol–water partition coefficient (Wildman–Crippen LogP) is 1.93. The summed E-state index contributed by atoms with van der Waals surface area (Å²) in [7, 11) is 1.60. The normalized spacial score (nSPS) is 12.1. The fraction of sp³-hybridized carbons (Fsp3) is 0.333. The van der Waals surface area contributed by atoms with Crippen molar-refractivity contribution in [2.24, 2.45) is 0 Å². The zero-order chi connectivity index (χ0) is 11.1. The van der Waals surface area contributed by atoms with Crippen molar-refractivity contribution in [2.45, 2.75) is 6.10 Å². The summed E-state index contributed by atoms with van der Waals surface area (Å²) >= 11 is 0. The van der Waals surface area contributed by atoms with Gasteiger partial charge in [0.15, 0.2) is 0 Å². The van der Waals surface area contributed by atoms with Crippen LogP contribution >= 0.6 is 0 Å². The first-order valence-electron chi connectivity index (χ1n) is 4.79. The van der Waals surface area contributed by atoms with Crippen molar-refractivity contribution in [1.29, 1.82) is 0 Å². The number of benzene rings is 1. The fourth-order valence-corrected chi connectivity index (χ4v) is 1.36. The first-order chi connectivity index (χ1) is 7.33. The van der Waals surface area contributed by atoms with Crippen LogP contribution in [0.1, 0.15) is 11.7 Å². The molecule has 15 heavy (non-hydrogen) atoms. The molecule has 1 N–H and O–H groups in total. The molecule has 0 aliphatic rings. The molecule has 0 saturated heterocycles. The Hall–Kier alpha value is -1.32. The molecule has 1 atom stereocenters. The van der Waals surface area contributed by atoms with Crippen LogP contribution < -0.4 is 4.74 Å². The van der Waals surface area contributed by atoms with Crippen molar-refractivity contribution >= 4 is 0 Å². The molecule has 3 nitrogen and oxygen atoms in total. The Morgan fingerprint density at radius 3 is 2.80 bits per heavy atom. The molecule has 0 spiro atoms. The largest absolute Gasteiger partial charge is 0.496 e. The van der Waals surface area contributed by atoms with E-state index >= 15 is 0 Å². The van der Waals surface area contributed by atoms with Crippen molar-refractivity contribution in [1.82, 2.24) is 0 Å². The van der Waals surface area contributed by atoms with Crippen molar-refractivity contribution in [3.8, 4) is 5.75 Å². The van der Waals surface area contributed by atoms with Gasteiger partial charge in [-0.15, -0.1) is 6.58 Å². The van der Waals surface area contributed by atoms with Gasteiger partial charge < -0.3 is 14.6 Å². The van der Waals surface area contributed by atoms with E-state index in [1.165, 1.54) is 0 Å². The Kier molecular flexibility index (Phi) is 4.87. The Morgan fingerprint density at radius 1 is 1.47 bits per heavy atom. The van der Waals surface area contributed by atoms with Gasteiger partial charge in [0.1, 0.15) is 11.9 Å². The van der Waals surface area contributed by atoms with E-state index in [1.54, 1.807) is 13.2 Å². The minimum Gasteiger partial charge on any atom is -0.496 e. The van der Waals surface area contributed by atoms with Crippen molar-refractivity contribution < 1.29 is 14.6 Å². The monoisotopic (exact) mass is 208 g/mol. The summed E-state index contributed by atoms with van der Waals surface area (Å²) in [6.45, 7) is 3.90. The maximum Gasteiger partial charge on any atom is 0.124 e. The van der Waals surface area contributed by atoms with E-state index in [-0.39, 0.29) is 12.7 Å². The van der Waals surface area contributed by atoms with Crippen LogP contribution in [0.15, 0.2) is 36.9 Å². The summed E-state index contributed by atoms with van der Waals surface area (Å²) in [4.78, 5) is 0. The van der Waals surface area contributed by atoms with Crippen LogP contribution in [0.5, 0.6) is 5.75 Å². The molecule has 82 valence electrons. The maximum absolute atomic E-state index is 9.21. The SMILES string of the molecule is C=CCO[C@@H](CO)c1ccccc1OC. The summed E-state index contributed by atoms with van der Waals surface area (Å²) in [6, 6.07) is 7.49. The molecule has 1 aromatic rings. The molecule has 1 aromatic carbocycles. The lowest BCUT2D eigenvalue weighted by Gasteiger charge is -2.17. The van der Waals surface area contributed by atoms with E-state index in [0.29, 0.717) is 6.61 Å². The maximum atomic E-state index is 9.21. The number of hydrogen-bond donors (Lipinski definition) is 1. The third-order valence-electron chi connectivity index (χ3n) is 2.07. The number of hydrogen-bond acceptors (Lipinski definition) is 3. The van der Waals surface area contributed by atoms with E-state index < -0.39 is 0 Å². The average molecular weight is 208 g/mol. The molecule has 1 rings (SSSR count). The van der Waals surface area contributed by atoms with E-state index in [0.717, 1.165) is 11.3 Å². The van der Waals surface area contributed by atoms with Crippen LogP contribution in [0.25, 0.3) is 0 Å². The molecule has 0 aliphatic heterocycles. The molecule has 0 aromatic heterocycles. The Balaban J connectivity index is 2.84. The summed E-state index contributed by atoms with van der Waals surface area (Å²) in [5, 5.41) is 9.21. The van der Waals surface area contributed by atoms with Crippen molar-refractivity contribution in [3.05, 3.63) is 42.5 Å². The lowest BCUT2D eigenvalue weighted by Crippen LogP contribution is -2.10. The number of aliphatic hydroxyl groups is 1. The smallest absolute Gasteiger partial charge is 0.124 e. The minimum absolute atomic E-state index is 0.0752. The summed E-state index contributed by atoms with van der Waals surface area (Å²) < 4.78 is 10.6. The second-order valence-electron chi connectivity index (χ2n) is 3.04. The number of methoxy groups -OCH3 is 1. The van der Waals surface area contributed by atoms with Crippen LogP contribution in [0, 0.1) is 0 Å². The zero-order valence-corrected chi connectivity index (χ0v) is 8.85. The highest BCUT2D eigenvalue weighted by Crippen LogP contribution is 2.26. The lowest BCUT2D eigenvalue weighted by molar-refractivity contribution is 0.0261. The summed E-state index contributed by atoms with van der Waals surface area (Å²) in [5.74, 6) is 0.723. The van der Waals surface area contributed by atoms with Gasteiger partial charge in [-0.1, -0.05) is 24.3 Å². The highest BCUT2D eigenvalue weighted by Gasteiger charge is 2.14. The molecule has 0 unspecified atom stereocenters. The highest BCUT2D eigenvalue weighted by molar-refractivity contribution is 5.35. The van der Waals surface area contributed by atoms with Crippen LogP contribution in [-0.4, -0.2) is 25.4 Å². The Morgan fingerprint density at radius 2 is 2.20 bits per heavy atom. The van der Waals surface area contributed by atoms with Crippen molar-refractivity contribution in [3.63, 3.8) is 0 Å². The van der Waals surface area contributed by atoms with Gasteiger partial charge in [0.05, 0.1) is 20.3 Å². The molecule has 0 radical (unpaired) electrons. The highest BCUT2D eigenvalue weighted by atomic mass is 16.5. The third-order valence-corrected chi connectivity index (χ3v) is 2.07. The van der Waals surface area contributed by atoms with Crippen LogP contribution in [0.2, 0.25) is 0 Å². The van der Waals surface area contributed by atoms with Gasteiger partial charge in [-0.3, -0.25) is 0 Å². The predicted molar refractivity (Wildman–Crippen MR) is 59.0 cm³/mol. The van der Waals surface area contributed by atoms with Gasteiger partial charge in [0, 0.05) is 5.56 Å². The second kappa shape index (κ2) is 6.22. The van der Waals surface area contributed by atoms with Gasteiger partial charge >= 0.3 is 0 Å². The van der Waals surface area contributed by atoms with Crippen LogP contribution in [0.3, 0.4) is 0 Å². The van der Waals surface area contributed by atoms with Gasteiger partial charge in [0.25, 0.3) is 0 Å². The van der Waals surface area contributed by atoms with E-state index in [2.05, 4.69) is 6.58 Å². The Bertz CT molecular complexity index is 309. The number of para-hydroxylation sites is 1. The van der Waals surface area contributed by atoms with Gasteiger partial charge in [-0.2, -0.15) is 0 Å². The minimum atomic E-state index is -0.362. The topological polar surface area (TPSA) is 38.7 Å². The third kappa shape index (κ3) is 3.08. The molecular weight excluding hydrogens is 192 g/mol. The van der Waals surface area contributed by atoms with Gasteiger partial charge in [-0.25, -0.2) is 0 Å². The molecule has 0 amide bonds.